The van der Waals surface area contributed by atoms with Crippen molar-refractivity contribution in [2.45, 2.75) is 19.9 Å². The molecule has 0 saturated heterocycles. The molecule has 8 nitrogen and oxygen atoms in total. The van der Waals surface area contributed by atoms with Gasteiger partial charge in [-0.3, -0.25) is 4.79 Å². The Hall–Kier alpha value is -3.94. The molecule has 0 atom stereocenters. The number of hydrogen-bond acceptors (Lipinski definition) is 7. The Bertz CT molecular complexity index is 1070. The Labute approximate surface area is 193 Å². The normalized spacial score (nSPS) is 10.3. The number of nitrogens with zero attached hydrogens (tertiary/aromatic N) is 1. The number of pyridine rings is 1. The predicted molar refractivity (Wildman–Crippen MR) is 124 cm³/mol. The average Bonchev–Trinajstić information content (AvgIpc) is 2.86. The van der Waals surface area contributed by atoms with Gasteiger partial charge in [-0.15, -0.1) is 0 Å². The van der Waals surface area contributed by atoms with Crippen molar-refractivity contribution in [1.82, 2.24) is 10.3 Å². The van der Waals surface area contributed by atoms with E-state index in [4.69, 9.17) is 23.7 Å². The number of hydrogen-bond donors (Lipinski definition) is 1. The van der Waals surface area contributed by atoms with Crippen LogP contribution in [-0.4, -0.2) is 38.8 Å². The second kappa shape index (κ2) is 11.6. The number of aromatic nitrogens is 1. The zero-order valence-electron chi connectivity index (χ0n) is 19.2. The van der Waals surface area contributed by atoms with Crippen molar-refractivity contribution in [3.05, 3.63) is 65.9 Å². The van der Waals surface area contributed by atoms with E-state index in [1.165, 1.54) is 21.3 Å². The van der Waals surface area contributed by atoms with Gasteiger partial charge in [-0.05, 0) is 36.8 Å². The van der Waals surface area contributed by atoms with E-state index in [1.807, 2.05) is 30.3 Å². The van der Waals surface area contributed by atoms with Crippen LogP contribution in [0.3, 0.4) is 0 Å². The highest BCUT2D eigenvalue weighted by molar-refractivity contribution is 5.97. The first kappa shape index (κ1) is 23.7. The van der Waals surface area contributed by atoms with Gasteiger partial charge < -0.3 is 29.0 Å². The second-order valence-corrected chi connectivity index (χ2v) is 6.98. The molecule has 0 fully saturated rings. The van der Waals surface area contributed by atoms with Gasteiger partial charge >= 0.3 is 0 Å². The van der Waals surface area contributed by atoms with E-state index in [2.05, 4.69) is 17.2 Å². The molecule has 0 spiro atoms. The van der Waals surface area contributed by atoms with Crippen LogP contribution in [0.25, 0.3) is 0 Å². The summed E-state index contributed by atoms with van der Waals surface area (Å²) in [5.74, 6) is 2.74. The lowest BCUT2D eigenvalue weighted by atomic mass is 10.1. The van der Waals surface area contributed by atoms with E-state index in [1.54, 1.807) is 24.4 Å². The largest absolute Gasteiger partial charge is 0.496 e. The van der Waals surface area contributed by atoms with E-state index < -0.39 is 0 Å². The summed E-state index contributed by atoms with van der Waals surface area (Å²) in [4.78, 5) is 17.2. The maximum absolute atomic E-state index is 12.9. The maximum atomic E-state index is 12.9. The van der Waals surface area contributed by atoms with Gasteiger partial charge in [0.2, 0.25) is 5.88 Å². The van der Waals surface area contributed by atoms with Crippen molar-refractivity contribution in [1.29, 1.82) is 0 Å². The van der Waals surface area contributed by atoms with Crippen LogP contribution >= 0.6 is 0 Å². The number of rotatable bonds is 11. The summed E-state index contributed by atoms with van der Waals surface area (Å²) in [5.41, 5.74) is 1.04. The monoisotopic (exact) mass is 452 g/mol. The molecule has 1 amide bonds. The van der Waals surface area contributed by atoms with Crippen LogP contribution in [0.5, 0.6) is 34.6 Å². The molecule has 33 heavy (non-hydrogen) atoms. The molecule has 0 aliphatic heterocycles. The second-order valence-electron chi connectivity index (χ2n) is 6.98. The quantitative estimate of drug-likeness (QED) is 0.454. The fourth-order valence-electron chi connectivity index (χ4n) is 3.06. The van der Waals surface area contributed by atoms with Crippen LogP contribution in [0.1, 0.15) is 29.3 Å². The molecule has 1 heterocycles. The molecule has 3 rings (SSSR count). The lowest BCUT2D eigenvalue weighted by molar-refractivity contribution is 0.0947. The van der Waals surface area contributed by atoms with E-state index in [-0.39, 0.29) is 12.5 Å². The summed E-state index contributed by atoms with van der Waals surface area (Å²) in [7, 11) is 4.52. The molecule has 3 aromatic rings. The third kappa shape index (κ3) is 6.06. The van der Waals surface area contributed by atoms with E-state index in [9.17, 15) is 4.79 Å². The topological polar surface area (TPSA) is 88.1 Å². The fraction of sp³-hybridized carbons (Fsp3) is 0.280. The molecule has 0 aliphatic rings. The van der Waals surface area contributed by atoms with Gasteiger partial charge in [0, 0.05) is 30.4 Å². The highest BCUT2D eigenvalue weighted by Crippen LogP contribution is 2.34. The molecule has 0 saturated carbocycles. The van der Waals surface area contributed by atoms with E-state index in [0.29, 0.717) is 41.0 Å². The first-order valence-electron chi connectivity index (χ1n) is 10.5. The minimum atomic E-state index is -0.333. The van der Waals surface area contributed by atoms with E-state index in [0.717, 1.165) is 17.7 Å². The van der Waals surface area contributed by atoms with Crippen LogP contribution in [0, 0.1) is 0 Å². The Morgan fingerprint density at radius 2 is 1.58 bits per heavy atom. The Morgan fingerprint density at radius 1 is 0.909 bits per heavy atom. The van der Waals surface area contributed by atoms with Crippen molar-refractivity contribution in [3.63, 3.8) is 0 Å². The highest BCUT2D eigenvalue weighted by atomic mass is 16.5. The summed E-state index contributed by atoms with van der Waals surface area (Å²) >= 11 is 0. The molecule has 8 heteroatoms. The number of benzene rings is 2. The number of methoxy groups -OCH3 is 3. The first-order valence-corrected chi connectivity index (χ1v) is 10.5. The average molecular weight is 453 g/mol. The van der Waals surface area contributed by atoms with Crippen LogP contribution in [-0.2, 0) is 6.54 Å². The van der Waals surface area contributed by atoms with Crippen molar-refractivity contribution in [2.24, 2.45) is 0 Å². The predicted octanol–water partition coefficient (Wildman–Crippen LogP) is 4.62. The SMILES string of the molecule is CCCOc1ccc(Oc2ncccc2CNC(=O)c2cc(OC)c(OC)cc2OC)cc1. The number of ether oxygens (including phenoxy) is 5. The minimum absolute atomic E-state index is 0.206. The van der Waals surface area contributed by atoms with Gasteiger partial charge in [0.15, 0.2) is 11.5 Å². The minimum Gasteiger partial charge on any atom is -0.496 e. The van der Waals surface area contributed by atoms with Gasteiger partial charge in [0.1, 0.15) is 17.2 Å². The third-order valence-electron chi connectivity index (χ3n) is 4.75. The fourth-order valence-corrected chi connectivity index (χ4v) is 3.06. The number of carbonyl (C=O) groups is 1. The van der Waals surface area contributed by atoms with Crippen LogP contribution < -0.4 is 29.0 Å². The smallest absolute Gasteiger partial charge is 0.255 e. The maximum Gasteiger partial charge on any atom is 0.255 e. The van der Waals surface area contributed by atoms with Crippen molar-refractivity contribution < 1.29 is 28.5 Å². The van der Waals surface area contributed by atoms with Gasteiger partial charge in [-0.2, -0.15) is 0 Å². The molecule has 0 unspecified atom stereocenters. The Morgan fingerprint density at radius 3 is 2.24 bits per heavy atom. The molecule has 0 aliphatic carbocycles. The van der Waals surface area contributed by atoms with Crippen LogP contribution in [0.2, 0.25) is 0 Å². The number of carbonyl (C=O) groups excluding carboxylic acids is 1. The first-order chi connectivity index (χ1) is 16.1. The van der Waals surface area contributed by atoms with Gasteiger partial charge in [0.05, 0.1) is 33.5 Å². The lowest BCUT2D eigenvalue weighted by Crippen LogP contribution is -2.24. The van der Waals surface area contributed by atoms with Crippen LogP contribution in [0.4, 0.5) is 0 Å². The number of amides is 1. The number of nitrogens with one attached hydrogen (secondary N) is 1. The summed E-state index contributed by atoms with van der Waals surface area (Å²) in [6, 6.07) is 14.1. The Kier molecular flexibility index (Phi) is 8.35. The summed E-state index contributed by atoms with van der Waals surface area (Å²) in [5, 5.41) is 2.88. The molecule has 0 radical (unpaired) electrons. The molecule has 0 bridgehead atoms. The van der Waals surface area contributed by atoms with Gasteiger partial charge in [-0.25, -0.2) is 4.98 Å². The molecule has 2 aromatic carbocycles. The van der Waals surface area contributed by atoms with Crippen molar-refractivity contribution in [2.75, 3.05) is 27.9 Å². The molecular formula is C25H28N2O6. The molecular weight excluding hydrogens is 424 g/mol. The Balaban J connectivity index is 1.72. The summed E-state index contributed by atoms with van der Waals surface area (Å²) < 4.78 is 27.5. The lowest BCUT2D eigenvalue weighted by Gasteiger charge is -2.15. The molecule has 1 N–H and O–H groups in total. The van der Waals surface area contributed by atoms with Crippen molar-refractivity contribution in [3.8, 4) is 34.6 Å². The highest BCUT2D eigenvalue weighted by Gasteiger charge is 2.18. The molecule has 1 aromatic heterocycles. The van der Waals surface area contributed by atoms with Gasteiger partial charge in [0.25, 0.3) is 5.91 Å². The van der Waals surface area contributed by atoms with Crippen molar-refractivity contribution >= 4 is 5.91 Å². The van der Waals surface area contributed by atoms with Crippen LogP contribution in [0.15, 0.2) is 54.7 Å². The van der Waals surface area contributed by atoms with E-state index >= 15 is 0 Å². The standard InChI is InChI=1S/C25H28N2O6/c1-5-13-32-18-8-10-19(11-9-18)33-25-17(7-6-12-26-25)16-27-24(28)20-14-22(30-3)23(31-4)15-21(20)29-2/h6-12,14-15H,5,13,16H2,1-4H3,(H,27,28). The summed E-state index contributed by atoms with van der Waals surface area (Å²) in [6.45, 7) is 2.92. The zero-order chi connectivity index (χ0) is 23.6. The summed E-state index contributed by atoms with van der Waals surface area (Å²) in [6.07, 6.45) is 2.58. The zero-order valence-corrected chi connectivity index (χ0v) is 19.2. The third-order valence-corrected chi connectivity index (χ3v) is 4.75. The molecule has 174 valence electrons. The van der Waals surface area contributed by atoms with Gasteiger partial charge in [-0.1, -0.05) is 13.0 Å².